The summed E-state index contributed by atoms with van der Waals surface area (Å²) in [5.41, 5.74) is 1.70. The summed E-state index contributed by atoms with van der Waals surface area (Å²) in [4.78, 5) is 25.3. The largest absolute Gasteiger partial charge is 0.481 e. The van der Waals surface area contributed by atoms with Crippen LogP contribution in [0, 0.1) is 17.7 Å². The van der Waals surface area contributed by atoms with Crippen LogP contribution in [0.1, 0.15) is 70.8 Å². The predicted molar refractivity (Wildman–Crippen MR) is 108 cm³/mol. The van der Waals surface area contributed by atoms with Crippen molar-refractivity contribution in [3.05, 3.63) is 23.5 Å². The lowest BCUT2D eigenvalue weighted by atomic mass is 9.92. The van der Waals surface area contributed by atoms with Crippen molar-refractivity contribution in [1.29, 1.82) is 0 Å². The monoisotopic (exact) mass is 390 g/mol. The summed E-state index contributed by atoms with van der Waals surface area (Å²) in [5, 5.41) is 12.1. The van der Waals surface area contributed by atoms with E-state index in [2.05, 4.69) is 24.1 Å². The van der Waals surface area contributed by atoms with E-state index in [9.17, 15) is 14.7 Å². The number of hydrogen-bond acceptors (Lipinski definition) is 3. The third-order valence-corrected chi connectivity index (χ3v) is 5.82. The van der Waals surface area contributed by atoms with E-state index in [1.54, 1.807) is 6.07 Å². The maximum Gasteiger partial charge on any atom is 0.307 e. The minimum atomic E-state index is -0.891. The molecule has 5 nitrogen and oxygen atoms in total. The van der Waals surface area contributed by atoms with E-state index in [4.69, 9.17) is 0 Å². The Hall–Kier alpha value is -2.11. The molecule has 6 heteroatoms. The Morgan fingerprint density at radius 3 is 2.46 bits per heavy atom. The normalized spacial score (nSPS) is 22.2. The number of nitrogens with zero attached hydrogens (tertiary/aromatic N) is 1. The zero-order valence-electron chi connectivity index (χ0n) is 17.0. The minimum absolute atomic E-state index is 0.211. The molecule has 1 aromatic carbocycles. The van der Waals surface area contributed by atoms with Crippen molar-refractivity contribution in [2.45, 2.75) is 71.3 Å². The third-order valence-electron chi connectivity index (χ3n) is 5.82. The number of carbonyl (C=O) groups is 2. The molecule has 0 saturated heterocycles. The molecule has 28 heavy (non-hydrogen) atoms. The summed E-state index contributed by atoms with van der Waals surface area (Å²) in [6.45, 7) is 6.51. The van der Waals surface area contributed by atoms with E-state index in [0.29, 0.717) is 35.3 Å². The van der Waals surface area contributed by atoms with Crippen LogP contribution in [0.3, 0.4) is 0 Å². The molecule has 0 radical (unpaired) electrons. The molecule has 0 aromatic heterocycles. The van der Waals surface area contributed by atoms with Gasteiger partial charge >= 0.3 is 5.97 Å². The smallest absolute Gasteiger partial charge is 0.307 e. The first kappa shape index (κ1) is 20.6. The molecular formula is C22H31FN2O3. The number of anilines is 2. The Bertz CT molecular complexity index is 744. The average molecular weight is 390 g/mol. The predicted octanol–water partition coefficient (Wildman–Crippen LogP) is 4.77. The number of aliphatic carboxylic acids is 1. The first-order valence-corrected chi connectivity index (χ1v) is 10.4. The van der Waals surface area contributed by atoms with E-state index >= 15 is 4.39 Å². The molecule has 2 aliphatic carbocycles. The second-order valence-electron chi connectivity index (χ2n) is 8.70. The molecule has 0 bridgehead atoms. The Labute approximate surface area is 166 Å². The van der Waals surface area contributed by atoms with Crippen LogP contribution in [0.5, 0.6) is 0 Å². The van der Waals surface area contributed by atoms with Crippen molar-refractivity contribution in [1.82, 2.24) is 0 Å². The summed E-state index contributed by atoms with van der Waals surface area (Å²) >= 11 is 0. The van der Waals surface area contributed by atoms with Gasteiger partial charge in [-0.25, -0.2) is 4.39 Å². The Morgan fingerprint density at radius 1 is 1.25 bits per heavy atom. The van der Waals surface area contributed by atoms with E-state index in [-0.39, 0.29) is 17.6 Å². The van der Waals surface area contributed by atoms with Crippen LogP contribution in [-0.2, 0) is 9.59 Å². The number of rotatable bonds is 7. The first-order chi connectivity index (χ1) is 13.3. The number of carboxylic acids is 1. The molecule has 2 aliphatic rings. The molecule has 1 aromatic rings. The Morgan fingerprint density at radius 2 is 1.93 bits per heavy atom. The van der Waals surface area contributed by atoms with Gasteiger partial charge in [0.05, 0.1) is 17.3 Å². The highest BCUT2D eigenvalue weighted by Gasteiger charge is 2.46. The van der Waals surface area contributed by atoms with Gasteiger partial charge in [-0.3, -0.25) is 9.59 Å². The van der Waals surface area contributed by atoms with Gasteiger partial charge in [0.2, 0.25) is 5.91 Å². The fourth-order valence-corrected chi connectivity index (χ4v) is 4.43. The van der Waals surface area contributed by atoms with Gasteiger partial charge < -0.3 is 15.3 Å². The van der Waals surface area contributed by atoms with E-state index in [1.807, 2.05) is 0 Å². The van der Waals surface area contributed by atoms with Gasteiger partial charge in [-0.15, -0.1) is 0 Å². The van der Waals surface area contributed by atoms with Crippen molar-refractivity contribution in [2.75, 3.05) is 16.8 Å². The van der Waals surface area contributed by atoms with Gasteiger partial charge in [0, 0.05) is 25.4 Å². The van der Waals surface area contributed by atoms with Crippen molar-refractivity contribution in [3.63, 3.8) is 0 Å². The lowest BCUT2D eigenvalue weighted by molar-refractivity contribution is -0.138. The number of halogens is 1. The standard InChI is InChI=1S/C22H31FN2O3/c1-13(2)12-25(15-7-5-4-6-8-15)21-11-19(23)17(10-20(21)24-14(3)26)16-9-18(16)22(27)28/h10-11,13,15-16,18H,4-9,12H2,1-3H3,(H,24,26)(H,27,28)/t16-,18-/m1/s1. The molecule has 0 heterocycles. The van der Waals surface area contributed by atoms with Crippen LogP contribution in [0.2, 0.25) is 0 Å². The second-order valence-corrected chi connectivity index (χ2v) is 8.70. The summed E-state index contributed by atoms with van der Waals surface area (Å²) < 4.78 is 15.0. The molecule has 2 fully saturated rings. The summed E-state index contributed by atoms with van der Waals surface area (Å²) in [6.07, 6.45) is 6.15. The highest BCUT2D eigenvalue weighted by atomic mass is 19.1. The molecule has 2 saturated carbocycles. The van der Waals surface area contributed by atoms with Crippen molar-refractivity contribution in [3.8, 4) is 0 Å². The Balaban J connectivity index is 1.99. The summed E-state index contributed by atoms with van der Waals surface area (Å²) in [6, 6.07) is 3.51. The molecule has 1 amide bonds. The summed E-state index contributed by atoms with van der Waals surface area (Å²) in [5.74, 6) is -1.92. The number of carbonyl (C=O) groups excluding carboxylic acids is 1. The van der Waals surface area contributed by atoms with Crippen molar-refractivity contribution >= 4 is 23.3 Å². The number of hydrogen-bond donors (Lipinski definition) is 2. The molecule has 2 atom stereocenters. The van der Waals surface area contributed by atoms with Gasteiger partial charge in [-0.05, 0) is 42.9 Å². The highest BCUT2D eigenvalue weighted by Crippen LogP contribution is 2.50. The van der Waals surface area contributed by atoms with Crippen molar-refractivity contribution < 1.29 is 19.1 Å². The van der Waals surface area contributed by atoms with E-state index in [0.717, 1.165) is 32.2 Å². The molecular weight excluding hydrogens is 359 g/mol. The molecule has 0 aliphatic heterocycles. The second kappa shape index (κ2) is 8.50. The zero-order chi connectivity index (χ0) is 20.4. The number of nitrogens with one attached hydrogen (secondary N) is 1. The van der Waals surface area contributed by atoms with Gasteiger partial charge in [0.1, 0.15) is 5.82 Å². The van der Waals surface area contributed by atoms with Crippen LogP contribution >= 0.6 is 0 Å². The number of benzene rings is 1. The molecule has 3 rings (SSSR count). The fourth-order valence-electron chi connectivity index (χ4n) is 4.43. The zero-order valence-corrected chi connectivity index (χ0v) is 17.0. The Kier molecular flexibility index (Phi) is 6.26. The molecule has 0 spiro atoms. The van der Waals surface area contributed by atoms with Gasteiger partial charge in [-0.1, -0.05) is 33.1 Å². The lowest BCUT2D eigenvalue weighted by Crippen LogP contribution is -2.40. The molecule has 2 N–H and O–H groups in total. The fraction of sp³-hybridized carbons (Fsp3) is 0.636. The van der Waals surface area contributed by atoms with Gasteiger partial charge in [0.25, 0.3) is 0 Å². The average Bonchev–Trinajstić information content (AvgIpc) is 3.42. The molecule has 0 unspecified atom stereocenters. The minimum Gasteiger partial charge on any atom is -0.481 e. The van der Waals surface area contributed by atoms with Crippen LogP contribution < -0.4 is 10.2 Å². The molecule has 154 valence electrons. The van der Waals surface area contributed by atoms with Crippen LogP contribution in [0.4, 0.5) is 15.8 Å². The highest BCUT2D eigenvalue weighted by molar-refractivity contribution is 5.93. The van der Waals surface area contributed by atoms with E-state index in [1.165, 1.54) is 19.4 Å². The van der Waals surface area contributed by atoms with Crippen LogP contribution in [-0.4, -0.2) is 29.6 Å². The van der Waals surface area contributed by atoms with Gasteiger partial charge in [0.15, 0.2) is 0 Å². The van der Waals surface area contributed by atoms with Gasteiger partial charge in [-0.2, -0.15) is 0 Å². The van der Waals surface area contributed by atoms with Crippen molar-refractivity contribution in [2.24, 2.45) is 11.8 Å². The van der Waals surface area contributed by atoms with Crippen LogP contribution in [0.25, 0.3) is 0 Å². The van der Waals surface area contributed by atoms with Crippen LogP contribution in [0.15, 0.2) is 12.1 Å². The maximum absolute atomic E-state index is 15.0. The first-order valence-electron chi connectivity index (χ1n) is 10.4. The lowest BCUT2D eigenvalue weighted by Gasteiger charge is -2.38. The SMILES string of the molecule is CC(=O)Nc1cc([C@H]2C[C@H]2C(=O)O)c(F)cc1N(CC(C)C)C1CCCCC1. The third kappa shape index (κ3) is 4.65. The maximum atomic E-state index is 15.0. The number of amides is 1. The quantitative estimate of drug-likeness (QED) is 0.704. The number of carboxylic acid groups (broad SMARTS) is 1. The van der Waals surface area contributed by atoms with E-state index < -0.39 is 11.9 Å². The topological polar surface area (TPSA) is 69.6 Å². The summed E-state index contributed by atoms with van der Waals surface area (Å²) in [7, 11) is 0.